The Hall–Kier alpha value is -1.16. The SMILES string of the molecule is CC(=O)c1cccc(OP(=O)(O)O)c1. The Morgan fingerprint density at radius 3 is 2.57 bits per heavy atom. The summed E-state index contributed by atoms with van der Waals surface area (Å²) in [7, 11) is -4.55. The zero-order valence-corrected chi connectivity index (χ0v) is 8.27. The fourth-order valence-corrected chi connectivity index (χ4v) is 1.30. The molecule has 0 atom stereocenters. The molecule has 1 aromatic rings. The zero-order chi connectivity index (χ0) is 10.8. The fraction of sp³-hybridized carbons (Fsp3) is 0.125. The molecule has 1 rings (SSSR count). The molecule has 76 valence electrons. The minimum atomic E-state index is -4.55. The van der Waals surface area contributed by atoms with Crippen LogP contribution in [0.15, 0.2) is 24.3 Å². The number of carbonyl (C=O) groups excluding carboxylic acids is 1. The van der Waals surface area contributed by atoms with Gasteiger partial charge in [0.25, 0.3) is 0 Å². The van der Waals surface area contributed by atoms with Crippen LogP contribution in [0.5, 0.6) is 5.75 Å². The Labute approximate surface area is 80.6 Å². The monoisotopic (exact) mass is 216 g/mol. The molecule has 0 aromatic heterocycles. The van der Waals surface area contributed by atoms with Crippen LogP contribution in [-0.2, 0) is 4.57 Å². The van der Waals surface area contributed by atoms with E-state index in [9.17, 15) is 9.36 Å². The molecule has 0 saturated carbocycles. The average molecular weight is 216 g/mol. The van der Waals surface area contributed by atoms with Crippen molar-refractivity contribution in [1.82, 2.24) is 0 Å². The molecule has 2 N–H and O–H groups in total. The predicted octanol–water partition coefficient (Wildman–Crippen LogP) is 1.36. The van der Waals surface area contributed by atoms with E-state index in [2.05, 4.69) is 4.52 Å². The summed E-state index contributed by atoms with van der Waals surface area (Å²) >= 11 is 0. The van der Waals surface area contributed by atoms with Crippen molar-refractivity contribution in [2.24, 2.45) is 0 Å². The normalized spacial score (nSPS) is 11.1. The van der Waals surface area contributed by atoms with Gasteiger partial charge < -0.3 is 4.52 Å². The topological polar surface area (TPSA) is 83.8 Å². The van der Waals surface area contributed by atoms with Gasteiger partial charge in [-0.15, -0.1) is 0 Å². The first-order valence-corrected chi connectivity index (χ1v) is 5.28. The van der Waals surface area contributed by atoms with Crippen molar-refractivity contribution in [3.8, 4) is 5.75 Å². The lowest BCUT2D eigenvalue weighted by atomic mass is 10.1. The molecule has 5 nitrogen and oxygen atoms in total. The number of Topliss-reactive ketones (excluding diaryl/α,β-unsaturated/α-hetero) is 1. The van der Waals surface area contributed by atoms with E-state index in [-0.39, 0.29) is 11.5 Å². The summed E-state index contributed by atoms with van der Waals surface area (Å²) < 4.78 is 14.8. The van der Waals surface area contributed by atoms with E-state index in [4.69, 9.17) is 9.79 Å². The van der Waals surface area contributed by atoms with E-state index in [0.717, 1.165) is 0 Å². The largest absolute Gasteiger partial charge is 0.524 e. The first-order valence-electron chi connectivity index (χ1n) is 3.74. The molecule has 14 heavy (non-hydrogen) atoms. The van der Waals surface area contributed by atoms with Gasteiger partial charge >= 0.3 is 7.82 Å². The van der Waals surface area contributed by atoms with Gasteiger partial charge in [-0.3, -0.25) is 14.6 Å². The lowest BCUT2D eigenvalue weighted by molar-refractivity contribution is 0.101. The van der Waals surface area contributed by atoms with E-state index in [1.54, 1.807) is 0 Å². The highest BCUT2D eigenvalue weighted by molar-refractivity contribution is 7.46. The van der Waals surface area contributed by atoms with Gasteiger partial charge in [-0.05, 0) is 19.1 Å². The Kier molecular flexibility index (Phi) is 3.06. The number of phosphoric acid groups is 1. The van der Waals surface area contributed by atoms with Crippen LogP contribution in [0.25, 0.3) is 0 Å². The smallest absolute Gasteiger partial charge is 0.404 e. The predicted molar refractivity (Wildman–Crippen MR) is 49.1 cm³/mol. The first-order chi connectivity index (χ1) is 6.38. The van der Waals surface area contributed by atoms with Crippen molar-refractivity contribution in [2.45, 2.75) is 6.92 Å². The molecule has 0 aliphatic carbocycles. The van der Waals surface area contributed by atoms with Gasteiger partial charge in [0.1, 0.15) is 5.75 Å². The third-order valence-corrected chi connectivity index (χ3v) is 1.91. The minimum absolute atomic E-state index is 0.0222. The van der Waals surface area contributed by atoms with Crippen LogP contribution in [0.3, 0.4) is 0 Å². The molecule has 1 aromatic carbocycles. The number of hydrogen-bond acceptors (Lipinski definition) is 3. The van der Waals surface area contributed by atoms with Gasteiger partial charge in [-0.2, -0.15) is 0 Å². The van der Waals surface area contributed by atoms with Crippen LogP contribution >= 0.6 is 7.82 Å². The van der Waals surface area contributed by atoms with E-state index in [1.807, 2.05) is 0 Å². The number of hydrogen-bond donors (Lipinski definition) is 2. The van der Waals surface area contributed by atoms with Gasteiger partial charge in [0.2, 0.25) is 0 Å². The molecule has 0 bridgehead atoms. The molecule has 6 heteroatoms. The summed E-state index contributed by atoms with van der Waals surface area (Å²) in [5, 5.41) is 0. The lowest BCUT2D eigenvalue weighted by Crippen LogP contribution is -1.94. The van der Waals surface area contributed by atoms with Crippen LogP contribution in [0.2, 0.25) is 0 Å². The minimum Gasteiger partial charge on any atom is -0.404 e. The Morgan fingerprint density at radius 1 is 1.43 bits per heavy atom. The highest BCUT2D eigenvalue weighted by atomic mass is 31.2. The third kappa shape index (κ3) is 3.30. The molecular formula is C8H9O5P. The third-order valence-electron chi connectivity index (χ3n) is 1.46. The van der Waals surface area contributed by atoms with E-state index in [0.29, 0.717) is 5.56 Å². The number of benzene rings is 1. The summed E-state index contributed by atoms with van der Waals surface area (Å²) in [6, 6.07) is 5.67. The molecule has 0 fully saturated rings. The van der Waals surface area contributed by atoms with Gasteiger partial charge in [0, 0.05) is 5.56 Å². The van der Waals surface area contributed by atoms with E-state index in [1.165, 1.54) is 31.2 Å². The summed E-state index contributed by atoms with van der Waals surface area (Å²) in [6.45, 7) is 1.36. The fourth-order valence-electron chi connectivity index (χ4n) is 0.909. The second-order valence-electron chi connectivity index (χ2n) is 2.67. The van der Waals surface area contributed by atoms with E-state index >= 15 is 0 Å². The average Bonchev–Trinajstić information content (AvgIpc) is 2.01. The quantitative estimate of drug-likeness (QED) is 0.588. The number of carbonyl (C=O) groups is 1. The summed E-state index contributed by atoms with van der Waals surface area (Å²) in [5.74, 6) is -0.216. The maximum Gasteiger partial charge on any atom is 0.524 e. The van der Waals surface area contributed by atoms with E-state index < -0.39 is 7.82 Å². The van der Waals surface area contributed by atoms with Crippen LogP contribution in [0, 0.1) is 0 Å². The Morgan fingerprint density at radius 2 is 2.07 bits per heavy atom. The Bertz CT molecular complexity index is 394. The maximum atomic E-state index is 10.9. The molecule has 0 unspecified atom stereocenters. The maximum absolute atomic E-state index is 10.9. The van der Waals surface area contributed by atoms with Gasteiger partial charge in [-0.1, -0.05) is 12.1 Å². The second-order valence-corrected chi connectivity index (χ2v) is 3.83. The van der Waals surface area contributed by atoms with Crippen LogP contribution in [-0.4, -0.2) is 15.6 Å². The van der Waals surface area contributed by atoms with Crippen LogP contribution < -0.4 is 4.52 Å². The number of rotatable bonds is 3. The highest BCUT2D eigenvalue weighted by Gasteiger charge is 2.16. The summed E-state index contributed by atoms with van der Waals surface area (Å²) in [6.07, 6.45) is 0. The first kappa shape index (κ1) is 10.9. The lowest BCUT2D eigenvalue weighted by Gasteiger charge is -2.06. The highest BCUT2D eigenvalue weighted by Crippen LogP contribution is 2.37. The van der Waals surface area contributed by atoms with Gasteiger partial charge in [-0.25, -0.2) is 4.57 Å². The standard InChI is InChI=1S/C8H9O5P/c1-6(9)7-3-2-4-8(5-7)13-14(10,11)12/h2-5H,1H3,(H2,10,11,12). The van der Waals surface area contributed by atoms with Crippen molar-refractivity contribution in [1.29, 1.82) is 0 Å². The molecule has 0 spiro atoms. The summed E-state index contributed by atoms with van der Waals surface area (Å²) in [5.41, 5.74) is 0.343. The molecule has 0 amide bonds. The molecule has 0 heterocycles. The van der Waals surface area contributed by atoms with Crippen molar-refractivity contribution in [3.63, 3.8) is 0 Å². The van der Waals surface area contributed by atoms with Crippen molar-refractivity contribution >= 4 is 13.6 Å². The molecule has 0 saturated heterocycles. The molecule has 0 radical (unpaired) electrons. The van der Waals surface area contributed by atoms with Crippen LogP contribution in [0.4, 0.5) is 0 Å². The number of phosphoric ester groups is 1. The molecule has 0 aliphatic heterocycles. The van der Waals surface area contributed by atoms with Crippen molar-refractivity contribution in [2.75, 3.05) is 0 Å². The zero-order valence-electron chi connectivity index (χ0n) is 7.38. The van der Waals surface area contributed by atoms with Crippen molar-refractivity contribution < 1.29 is 23.7 Å². The Balaban J connectivity index is 2.95. The van der Waals surface area contributed by atoms with Crippen molar-refractivity contribution in [3.05, 3.63) is 29.8 Å². The molecule has 0 aliphatic rings. The molecular weight excluding hydrogens is 207 g/mol. The summed E-state index contributed by atoms with van der Waals surface area (Å²) in [4.78, 5) is 27.9. The number of ketones is 1. The van der Waals surface area contributed by atoms with Gasteiger partial charge in [0.05, 0.1) is 0 Å². The van der Waals surface area contributed by atoms with Crippen LogP contribution in [0.1, 0.15) is 17.3 Å². The second kappa shape index (κ2) is 3.92. The van der Waals surface area contributed by atoms with Gasteiger partial charge in [0.15, 0.2) is 5.78 Å².